The Balaban J connectivity index is 1.73. The molecule has 0 unspecified atom stereocenters. The summed E-state index contributed by atoms with van der Waals surface area (Å²) in [6.45, 7) is 1.82. The minimum Gasteiger partial charge on any atom is -0.322 e. The van der Waals surface area contributed by atoms with E-state index in [-0.39, 0.29) is 11.8 Å². The molecule has 0 bridgehead atoms. The molecule has 0 fully saturated rings. The Morgan fingerprint density at radius 1 is 1.22 bits per heavy atom. The number of hydrogen-bond donors (Lipinski definition) is 1. The minimum atomic E-state index is -0.244. The fourth-order valence-corrected chi connectivity index (χ4v) is 2.47. The van der Waals surface area contributed by atoms with Crippen molar-refractivity contribution >= 4 is 40.5 Å². The lowest BCUT2D eigenvalue weighted by Crippen LogP contribution is -2.19. The van der Waals surface area contributed by atoms with Gasteiger partial charge in [0.15, 0.2) is 0 Å². The molecule has 0 saturated carbocycles. The number of hydrazone groups is 1. The second kappa shape index (κ2) is 6.22. The van der Waals surface area contributed by atoms with E-state index < -0.39 is 0 Å². The maximum absolute atomic E-state index is 12.1. The third-order valence-corrected chi connectivity index (χ3v) is 3.61. The second-order valence-electron chi connectivity index (χ2n) is 5.23. The molecular formula is C17H14ClN3O2. The molecule has 5 nitrogen and oxygen atoms in total. The fraction of sp³-hybridized carbons (Fsp3) is 0.118. The van der Waals surface area contributed by atoms with E-state index in [2.05, 4.69) is 10.4 Å². The number of amides is 2. The number of anilines is 2. The summed E-state index contributed by atoms with van der Waals surface area (Å²) in [5.74, 6) is -0.301. The van der Waals surface area contributed by atoms with Crippen molar-refractivity contribution in [3.63, 3.8) is 0 Å². The van der Waals surface area contributed by atoms with Crippen LogP contribution in [0, 0.1) is 0 Å². The van der Waals surface area contributed by atoms with E-state index >= 15 is 0 Å². The summed E-state index contributed by atoms with van der Waals surface area (Å²) >= 11 is 5.88. The molecular weight excluding hydrogens is 314 g/mol. The van der Waals surface area contributed by atoms with Gasteiger partial charge in [-0.05, 0) is 49.4 Å². The molecule has 0 saturated heterocycles. The summed E-state index contributed by atoms with van der Waals surface area (Å²) in [6.07, 6.45) is 0.341. The third kappa shape index (κ3) is 3.40. The van der Waals surface area contributed by atoms with Gasteiger partial charge in [-0.1, -0.05) is 17.7 Å². The molecule has 0 aromatic heterocycles. The van der Waals surface area contributed by atoms with Crippen molar-refractivity contribution in [1.82, 2.24) is 0 Å². The second-order valence-corrected chi connectivity index (χ2v) is 5.67. The maximum Gasteiger partial charge on any atom is 0.255 e. The molecule has 0 spiro atoms. The molecule has 2 aromatic rings. The van der Waals surface area contributed by atoms with Gasteiger partial charge in [0, 0.05) is 22.0 Å². The minimum absolute atomic E-state index is 0.0572. The number of hydrogen-bond acceptors (Lipinski definition) is 3. The highest BCUT2D eigenvalue weighted by Gasteiger charge is 2.22. The first-order chi connectivity index (χ1) is 11.0. The van der Waals surface area contributed by atoms with Gasteiger partial charge in [0.2, 0.25) is 0 Å². The van der Waals surface area contributed by atoms with Crippen molar-refractivity contribution in [2.75, 3.05) is 10.3 Å². The molecule has 0 atom stereocenters. The van der Waals surface area contributed by atoms with Crippen LogP contribution < -0.4 is 10.3 Å². The molecule has 23 heavy (non-hydrogen) atoms. The summed E-state index contributed by atoms with van der Waals surface area (Å²) < 4.78 is 0. The lowest BCUT2D eigenvalue weighted by atomic mass is 10.2. The lowest BCUT2D eigenvalue weighted by Gasteiger charge is -2.12. The Kier molecular flexibility index (Phi) is 4.12. The van der Waals surface area contributed by atoms with Crippen molar-refractivity contribution in [2.45, 2.75) is 13.3 Å². The van der Waals surface area contributed by atoms with Crippen LogP contribution in [0.5, 0.6) is 0 Å². The van der Waals surface area contributed by atoms with E-state index in [0.717, 1.165) is 5.71 Å². The Labute approximate surface area is 138 Å². The average molecular weight is 328 g/mol. The Hall–Kier alpha value is -2.66. The standard InChI is InChI=1S/C17H14ClN3O2/c1-11-9-16(22)21(20-11)15-7-5-14(6-8-15)19-17(23)12-3-2-4-13(18)10-12/h2-8,10H,9H2,1H3,(H,19,23). The van der Waals surface area contributed by atoms with Gasteiger partial charge in [-0.3, -0.25) is 9.59 Å². The fourth-order valence-electron chi connectivity index (χ4n) is 2.28. The maximum atomic E-state index is 12.1. The summed E-state index contributed by atoms with van der Waals surface area (Å²) in [5.41, 5.74) is 2.57. The van der Waals surface area contributed by atoms with Crippen molar-refractivity contribution in [1.29, 1.82) is 0 Å². The summed E-state index contributed by atoms with van der Waals surface area (Å²) in [5, 5.41) is 8.85. The van der Waals surface area contributed by atoms with Crippen LogP contribution in [0.4, 0.5) is 11.4 Å². The van der Waals surface area contributed by atoms with Gasteiger partial charge in [0.25, 0.3) is 11.8 Å². The number of benzene rings is 2. The van der Waals surface area contributed by atoms with Crippen LogP contribution in [0.3, 0.4) is 0 Å². The zero-order chi connectivity index (χ0) is 16.4. The van der Waals surface area contributed by atoms with Crippen LogP contribution in [0.2, 0.25) is 5.02 Å². The van der Waals surface area contributed by atoms with Crippen LogP contribution >= 0.6 is 11.6 Å². The SMILES string of the molecule is CC1=NN(c2ccc(NC(=O)c3cccc(Cl)c3)cc2)C(=O)C1. The number of nitrogens with zero attached hydrogens (tertiary/aromatic N) is 2. The number of halogens is 1. The molecule has 1 N–H and O–H groups in total. The van der Waals surface area contributed by atoms with Crippen molar-refractivity contribution in [3.8, 4) is 0 Å². The van der Waals surface area contributed by atoms with Gasteiger partial charge >= 0.3 is 0 Å². The quantitative estimate of drug-likeness (QED) is 0.934. The first kappa shape index (κ1) is 15.2. The summed E-state index contributed by atoms with van der Waals surface area (Å²) in [7, 11) is 0. The van der Waals surface area contributed by atoms with Gasteiger partial charge < -0.3 is 5.32 Å². The highest BCUT2D eigenvalue weighted by molar-refractivity contribution is 6.31. The van der Waals surface area contributed by atoms with Crippen LogP contribution in [-0.4, -0.2) is 17.5 Å². The topological polar surface area (TPSA) is 61.8 Å². The van der Waals surface area contributed by atoms with Gasteiger partial charge in [-0.2, -0.15) is 5.10 Å². The predicted octanol–water partition coefficient (Wildman–Crippen LogP) is 3.70. The number of nitrogens with one attached hydrogen (secondary N) is 1. The van der Waals surface area contributed by atoms with Gasteiger partial charge in [0.1, 0.15) is 0 Å². The van der Waals surface area contributed by atoms with E-state index in [1.807, 2.05) is 6.92 Å². The number of carbonyl (C=O) groups is 2. The number of rotatable bonds is 3. The van der Waals surface area contributed by atoms with Crippen molar-refractivity contribution in [2.24, 2.45) is 5.10 Å². The molecule has 3 rings (SSSR count). The average Bonchev–Trinajstić information content (AvgIpc) is 2.86. The zero-order valence-corrected chi connectivity index (χ0v) is 13.2. The van der Waals surface area contributed by atoms with Crippen molar-refractivity contribution < 1.29 is 9.59 Å². The first-order valence-corrected chi connectivity index (χ1v) is 7.45. The van der Waals surface area contributed by atoms with E-state index in [0.29, 0.717) is 28.4 Å². The molecule has 1 heterocycles. The molecule has 2 aromatic carbocycles. The van der Waals surface area contributed by atoms with Crippen molar-refractivity contribution in [3.05, 3.63) is 59.1 Å². The summed E-state index contributed by atoms with van der Waals surface area (Å²) in [6, 6.07) is 13.7. The van der Waals surface area contributed by atoms with E-state index in [4.69, 9.17) is 11.6 Å². The molecule has 1 aliphatic heterocycles. The third-order valence-electron chi connectivity index (χ3n) is 3.37. The zero-order valence-electron chi connectivity index (χ0n) is 12.4. The van der Waals surface area contributed by atoms with Gasteiger partial charge in [-0.15, -0.1) is 0 Å². The molecule has 2 amide bonds. The Morgan fingerprint density at radius 2 is 1.96 bits per heavy atom. The van der Waals surface area contributed by atoms with Gasteiger partial charge in [0.05, 0.1) is 12.1 Å². The van der Waals surface area contributed by atoms with E-state index in [1.165, 1.54) is 5.01 Å². The van der Waals surface area contributed by atoms with Gasteiger partial charge in [-0.25, -0.2) is 5.01 Å². The van der Waals surface area contributed by atoms with E-state index in [1.54, 1.807) is 48.5 Å². The first-order valence-electron chi connectivity index (χ1n) is 7.07. The highest BCUT2D eigenvalue weighted by Crippen LogP contribution is 2.23. The molecule has 0 aliphatic carbocycles. The highest BCUT2D eigenvalue weighted by atomic mass is 35.5. The number of carbonyl (C=O) groups excluding carboxylic acids is 2. The molecule has 1 aliphatic rings. The van der Waals surface area contributed by atoms with Crippen LogP contribution in [0.15, 0.2) is 53.6 Å². The van der Waals surface area contributed by atoms with Crippen LogP contribution in [0.25, 0.3) is 0 Å². The normalized spacial score (nSPS) is 13.9. The van der Waals surface area contributed by atoms with Crippen LogP contribution in [-0.2, 0) is 4.79 Å². The lowest BCUT2D eigenvalue weighted by molar-refractivity contribution is -0.116. The monoisotopic (exact) mass is 327 g/mol. The predicted molar refractivity (Wildman–Crippen MR) is 91.1 cm³/mol. The Bertz CT molecular complexity index is 800. The molecule has 6 heteroatoms. The van der Waals surface area contributed by atoms with E-state index in [9.17, 15) is 9.59 Å². The molecule has 116 valence electrons. The smallest absolute Gasteiger partial charge is 0.255 e. The largest absolute Gasteiger partial charge is 0.322 e. The summed E-state index contributed by atoms with van der Waals surface area (Å²) in [4.78, 5) is 23.9. The van der Waals surface area contributed by atoms with Crippen LogP contribution in [0.1, 0.15) is 23.7 Å². The molecule has 0 radical (unpaired) electrons. The Morgan fingerprint density at radius 3 is 2.57 bits per heavy atom.